The number of Topliss-reactive ketones (excluding diaryl/α,β-unsaturated/α-hetero) is 1. The Balaban J connectivity index is 4.38. The Morgan fingerprint density at radius 3 is 2.00 bits per heavy atom. The summed E-state index contributed by atoms with van der Waals surface area (Å²) in [6, 6.07) is -0.465. The van der Waals surface area contributed by atoms with Gasteiger partial charge in [-0.05, 0) is 20.0 Å². The fourth-order valence-corrected chi connectivity index (χ4v) is 1.36. The van der Waals surface area contributed by atoms with Crippen LogP contribution in [0.15, 0.2) is 0 Å². The minimum atomic E-state index is -0.924. The van der Waals surface area contributed by atoms with Gasteiger partial charge in [0.25, 0.3) is 0 Å². The van der Waals surface area contributed by atoms with Crippen molar-refractivity contribution in [2.75, 3.05) is 13.1 Å². The third-order valence-corrected chi connectivity index (χ3v) is 2.09. The molecule has 0 saturated heterocycles. The van der Waals surface area contributed by atoms with E-state index in [1.807, 2.05) is 18.7 Å². The fraction of sp³-hybridized carbons (Fsp3) is 0.778. The van der Waals surface area contributed by atoms with Crippen molar-refractivity contribution in [2.24, 2.45) is 0 Å². The highest BCUT2D eigenvalue weighted by Gasteiger charge is 2.22. The number of rotatable bonds is 6. The summed E-state index contributed by atoms with van der Waals surface area (Å²) >= 11 is 0. The summed E-state index contributed by atoms with van der Waals surface area (Å²) < 4.78 is 0. The lowest BCUT2D eigenvalue weighted by molar-refractivity contribution is -0.141. The van der Waals surface area contributed by atoms with Crippen LogP contribution < -0.4 is 0 Å². The van der Waals surface area contributed by atoms with Gasteiger partial charge in [0.2, 0.25) is 0 Å². The first-order valence-corrected chi connectivity index (χ1v) is 4.49. The van der Waals surface area contributed by atoms with Gasteiger partial charge >= 0.3 is 5.97 Å². The molecular formula is C9H17NO3. The second-order valence-corrected chi connectivity index (χ2v) is 2.95. The van der Waals surface area contributed by atoms with E-state index in [0.29, 0.717) is 13.1 Å². The van der Waals surface area contributed by atoms with E-state index in [0.717, 1.165) is 0 Å². The van der Waals surface area contributed by atoms with E-state index in [9.17, 15) is 9.59 Å². The SMILES string of the molecule is CCN(CC)C(CC(=O)O)C(C)=O. The van der Waals surface area contributed by atoms with Gasteiger partial charge in [-0.25, -0.2) is 0 Å². The first-order valence-electron chi connectivity index (χ1n) is 4.49. The van der Waals surface area contributed by atoms with Crippen LogP contribution in [-0.4, -0.2) is 40.9 Å². The molecule has 1 atom stereocenters. The molecule has 1 unspecified atom stereocenters. The number of carboxylic acids is 1. The monoisotopic (exact) mass is 187 g/mol. The number of hydrogen-bond acceptors (Lipinski definition) is 3. The number of nitrogens with zero attached hydrogens (tertiary/aromatic N) is 1. The fourth-order valence-electron chi connectivity index (χ4n) is 1.36. The number of aliphatic carboxylic acids is 1. The van der Waals surface area contributed by atoms with Crippen molar-refractivity contribution < 1.29 is 14.7 Å². The van der Waals surface area contributed by atoms with Gasteiger partial charge in [0.15, 0.2) is 0 Å². The number of carbonyl (C=O) groups excluding carboxylic acids is 1. The number of hydrogen-bond donors (Lipinski definition) is 1. The second kappa shape index (κ2) is 5.70. The van der Waals surface area contributed by atoms with Crippen molar-refractivity contribution in [3.8, 4) is 0 Å². The minimum absolute atomic E-state index is 0.0777. The van der Waals surface area contributed by atoms with Gasteiger partial charge in [-0.15, -0.1) is 0 Å². The van der Waals surface area contributed by atoms with Crippen LogP contribution in [0.1, 0.15) is 27.2 Å². The molecule has 0 aromatic carbocycles. The highest BCUT2D eigenvalue weighted by Crippen LogP contribution is 2.05. The predicted molar refractivity (Wildman–Crippen MR) is 49.6 cm³/mol. The number of carboxylic acid groups (broad SMARTS) is 1. The van der Waals surface area contributed by atoms with Crippen LogP contribution in [0.4, 0.5) is 0 Å². The van der Waals surface area contributed by atoms with E-state index in [-0.39, 0.29) is 12.2 Å². The van der Waals surface area contributed by atoms with E-state index in [1.54, 1.807) is 0 Å². The molecule has 4 nitrogen and oxygen atoms in total. The molecule has 76 valence electrons. The highest BCUT2D eigenvalue weighted by molar-refractivity contribution is 5.85. The Bertz CT molecular complexity index is 187. The summed E-state index contributed by atoms with van der Waals surface area (Å²) in [6.07, 6.45) is -0.100. The first-order chi connectivity index (χ1) is 6.02. The first kappa shape index (κ1) is 12.1. The summed E-state index contributed by atoms with van der Waals surface area (Å²) in [5, 5.41) is 8.59. The molecule has 0 rings (SSSR count). The molecule has 0 saturated carbocycles. The molecule has 0 heterocycles. The van der Waals surface area contributed by atoms with Crippen molar-refractivity contribution >= 4 is 11.8 Å². The zero-order valence-corrected chi connectivity index (χ0v) is 8.41. The summed E-state index contributed by atoms with van der Waals surface area (Å²) in [5.74, 6) is -1.00. The number of ketones is 1. The Hall–Kier alpha value is -0.900. The summed E-state index contributed by atoms with van der Waals surface area (Å²) in [5.41, 5.74) is 0. The Labute approximate surface area is 78.5 Å². The van der Waals surface area contributed by atoms with Gasteiger partial charge < -0.3 is 5.11 Å². The van der Waals surface area contributed by atoms with Crippen LogP contribution in [0.25, 0.3) is 0 Å². The summed E-state index contributed by atoms with van der Waals surface area (Å²) in [6.45, 7) is 6.68. The normalized spacial score (nSPS) is 12.9. The molecule has 0 spiro atoms. The molecule has 0 aliphatic carbocycles. The van der Waals surface area contributed by atoms with E-state index >= 15 is 0 Å². The number of likely N-dealkylation sites (N-methyl/N-ethyl adjacent to an activating group) is 1. The number of carbonyl (C=O) groups is 2. The molecule has 0 aliphatic rings. The van der Waals surface area contributed by atoms with Gasteiger partial charge in [0, 0.05) is 0 Å². The van der Waals surface area contributed by atoms with Crippen LogP contribution in [0, 0.1) is 0 Å². The van der Waals surface area contributed by atoms with Gasteiger partial charge in [-0.3, -0.25) is 14.5 Å². The molecule has 13 heavy (non-hydrogen) atoms. The van der Waals surface area contributed by atoms with Gasteiger partial charge in [-0.1, -0.05) is 13.8 Å². The Morgan fingerprint density at radius 2 is 1.77 bits per heavy atom. The molecule has 1 N–H and O–H groups in total. The average molecular weight is 187 g/mol. The zero-order valence-electron chi connectivity index (χ0n) is 8.41. The van der Waals surface area contributed by atoms with Crippen molar-refractivity contribution in [3.05, 3.63) is 0 Å². The lowest BCUT2D eigenvalue weighted by Gasteiger charge is -2.25. The second-order valence-electron chi connectivity index (χ2n) is 2.95. The molecule has 0 bridgehead atoms. The third kappa shape index (κ3) is 4.03. The topological polar surface area (TPSA) is 57.6 Å². The van der Waals surface area contributed by atoms with Crippen molar-refractivity contribution in [2.45, 2.75) is 33.2 Å². The van der Waals surface area contributed by atoms with Crippen LogP contribution in [0.5, 0.6) is 0 Å². The van der Waals surface area contributed by atoms with Crippen molar-refractivity contribution in [3.63, 3.8) is 0 Å². The average Bonchev–Trinajstić information content (AvgIpc) is 2.04. The lowest BCUT2D eigenvalue weighted by atomic mass is 10.1. The van der Waals surface area contributed by atoms with Crippen LogP contribution in [-0.2, 0) is 9.59 Å². The largest absolute Gasteiger partial charge is 0.481 e. The van der Waals surface area contributed by atoms with Gasteiger partial charge in [-0.2, -0.15) is 0 Å². The quantitative estimate of drug-likeness (QED) is 0.667. The zero-order chi connectivity index (χ0) is 10.4. The van der Waals surface area contributed by atoms with E-state index in [2.05, 4.69) is 0 Å². The third-order valence-electron chi connectivity index (χ3n) is 2.09. The van der Waals surface area contributed by atoms with Crippen molar-refractivity contribution in [1.82, 2.24) is 4.90 Å². The van der Waals surface area contributed by atoms with Crippen molar-refractivity contribution in [1.29, 1.82) is 0 Å². The minimum Gasteiger partial charge on any atom is -0.481 e. The van der Waals surface area contributed by atoms with E-state index in [4.69, 9.17) is 5.11 Å². The molecule has 4 heteroatoms. The highest BCUT2D eigenvalue weighted by atomic mass is 16.4. The summed E-state index contributed by atoms with van der Waals surface area (Å²) in [7, 11) is 0. The molecule has 0 fully saturated rings. The van der Waals surface area contributed by atoms with Crippen LogP contribution in [0.3, 0.4) is 0 Å². The van der Waals surface area contributed by atoms with E-state index < -0.39 is 12.0 Å². The van der Waals surface area contributed by atoms with Gasteiger partial charge in [0.1, 0.15) is 5.78 Å². The maximum absolute atomic E-state index is 11.1. The lowest BCUT2D eigenvalue weighted by Crippen LogP contribution is -2.41. The van der Waals surface area contributed by atoms with E-state index in [1.165, 1.54) is 6.92 Å². The molecule has 0 radical (unpaired) electrons. The molecule has 0 aromatic heterocycles. The maximum Gasteiger partial charge on any atom is 0.305 e. The maximum atomic E-state index is 11.1. The molecule has 0 amide bonds. The molecule has 0 aromatic rings. The Morgan fingerprint density at radius 1 is 1.31 bits per heavy atom. The smallest absolute Gasteiger partial charge is 0.305 e. The summed E-state index contributed by atoms with van der Waals surface area (Å²) in [4.78, 5) is 23.5. The molecular weight excluding hydrogens is 170 g/mol. The molecule has 0 aliphatic heterocycles. The Kier molecular flexibility index (Phi) is 5.30. The predicted octanol–water partition coefficient (Wildman–Crippen LogP) is 0.760. The van der Waals surface area contributed by atoms with Gasteiger partial charge in [0.05, 0.1) is 12.5 Å². The van der Waals surface area contributed by atoms with Crippen LogP contribution in [0.2, 0.25) is 0 Å². The van der Waals surface area contributed by atoms with Crippen LogP contribution >= 0.6 is 0 Å². The standard InChI is InChI=1S/C9H17NO3/c1-4-10(5-2)8(7(3)11)6-9(12)13/h8H,4-6H2,1-3H3,(H,12,13).